The van der Waals surface area contributed by atoms with Crippen LogP contribution in [0, 0.1) is 11.8 Å². The third-order valence-electron chi connectivity index (χ3n) is 10.8. The molecule has 0 spiro atoms. The van der Waals surface area contributed by atoms with Crippen LogP contribution >= 0.6 is 0 Å². The van der Waals surface area contributed by atoms with Gasteiger partial charge >= 0.3 is 0 Å². The molecule has 272 valence electrons. The van der Waals surface area contributed by atoms with Crippen molar-refractivity contribution in [2.75, 3.05) is 13.2 Å². The van der Waals surface area contributed by atoms with E-state index in [-0.39, 0.29) is 0 Å². The Morgan fingerprint density at radius 1 is 0.540 bits per heavy atom. The smallest absolute Gasteiger partial charge is 0.119 e. The second-order valence-corrected chi connectivity index (χ2v) is 14.9. The van der Waals surface area contributed by atoms with Crippen LogP contribution in [-0.2, 0) is 10.3 Å². The molecule has 1 aliphatic rings. The van der Waals surface area contributed by atoms with Crippen molar-refractivity contribution in [1.82, 2.24) is 0 Å². The third-order valence-corrected chi connectivity index (χ3v) is 10.8. The summed E-state index contributed by atoms with van der Waals surface area (Å²) in [5, 5.41) is 0. The number of benzene rings is 3. The predicted molar refractivity (Wildman–Crippen MR) is 217 cm³/mol. The highest BCUT2D eigenvalue weighted by Gasteiger charge is 2.33. The van der Waals surface area contributed by atoms with Crippen LogP contribution in [0.4, 0.5) is 0 Å². The molecule has 1 aliphatic carbocycles. The molecule has 0 amide bonds. The molecule has 0 aliphatic heterocycles. The lowest BCUT2D eigenvalue weighted by Crippen LogP contribution is -2.31. The molecule has 0 saturated heterocycles. The van der Waals surface area contributed by atoms with Crippen LogP contribution in [0.1, 0.15) is 148 Å². The first kappa shape index (κ1) is 39.7. The van der Waals surface area contributed by atoms with Gasteiger partial charge in [-0.3, -0.25) is 0 Å². The van der Waals surface area contributed by atoms with E-state index in [9.17, 15) is 0 Å². The average Bonchev–Trinajstić information content (AvgIpc) is 3.17. The monoisotopic (exact) mass is 677 g/mol. The summed E-state index contributed by atoms with van der Waals surface area (Å²) < 4.78 is 13.5. The van der Waals surface area contributed by atoms with Crippen molar-refractivity contribution < 1.29 is 9.47 Å². The van der Waals surface area contributed by atoms with Crippen LogP contribution in [-0.4, -0.2) is 13.2 Å². The summed E-state index contributed by atoms with van der Waals surface area (Å²) in [5.41, 5.74) is 5.77. The zero-order valence-corrected chi connectivity index (χ0v) is 32.1. The maximum atomic E-state index is 7.09. The lowest BCUT2D eigenvalue weighted by molar-refractivity contribution is -0.0330. The van der Waals surface area contributed by atoms with Crippen LogP contribution in [0.15, 0.2) is 97.1 Å². The van der Waals surface area contributed by atoms with Crippen LogP contribution in [0.3, 0.4) is 0 Å². The minimum absolute atomic E-state index is 0.458. The van der Waals surface area contributed by atoms with E-state index in [1.165, 1.54) is 131 Å². The van der Waals surface area contributed by atoms with Gasteiger partial charge in [0.1, 0.15) is 11.4 Å². The molecule has 50 heavy (non-hydrogen) atoms. The number of allylic oxidation sites excluding steroid dienone is 2. The molecular weight excluding hydrogens is 609 g/mol. The Bertz CT molecular complexity index is 1370. The van der Waals surface area contributed by atoms with Gasteiger partial charge in [0.25, 0.3) is 0 Å². The Hall–Kier alpha value is -3.10. The van der Waals surface area contributed by atoms with Gasteiger partial charge in [0.2, 0.25) is 0 Å². The zero-order chi connectivity index (χ0) is 35.3. The van der Waals surface area contributed by atoms with Crippen LogP contribution < -0.4 is 4.74 Å². The lowest BCUT2D eigenvalue weighted by atomic mass is 9.83. The van der Waals surface area contributed by atoms with Crippen molar-refractivity contribution >= 4 is 5.57 Å². The SMILES string of the molecule is CCCCCCC(CCCC)COc1ccc(C2=CCC(OCC(CCCC)CCCCCC)(c3ccc(-c4ccccc4)cc3)C=C2)cc1. The fourth-order valence-electron chi connectivity index (χ4n) is 7.37. The zero-order valence-electron chi connectivity index (χ0n) is 32.1. The molecule has 4 rings (SSSR count). The fraction of sp³-hybridized carbons (Fsp3) is 0.542. The Morgan fingerprint density at radius 3 is 1.64 bits per heavy atom. The number of unbranched alkanes of at least 4 members (excludes halogenated alkanes) is 8. The summed E-state index contributed by atoms with van der Waals surface area (Å²) in [7, 11) is 0. The molecule has 0 bridgehead atoms. The number of hydrogen-bond donors (Lipinski definition) is 0. The van der Waals surface area contributed by atoms with Gasteiger partial charge in [-0.15, -0.1) is 0 Å². The van der Waals surface area contributed by atoms with Crippen LogP contribution in [0.2, 0.25) is 0 Å². The molecule has 3 aromatic rings. The van der Waals surface area contributed by atoms with Crippen LogP contribution in [0.5, 0.6) is 5.75 Å². The topological polar surface area (TPSA) is 18.5 Å². The highest BCUT2D eigenvalue weighted by Crippen LogP contribution is 2.40. The molecule has 3 unspecified atom stereocenters. The maximum Gasteiger partial charge on any atom is 0.119 e. The van der Waals surface area contributed by atoms with Gasteiger partial charge in [-0.1, -0.05) is 184 Å². The Balaban J connectivity index is 1.46. The van der Waals surface area contributed by atoms with Gasteiger partial charge in [0.15, 0.2) is 0 Å². The van der Waals surface area contributed by atoms with Crippen LogP contribution in [0.25, 0.3) is 16.7 Å². The second kappa shape index (κ2) is 22.7. The maximum absolute atomic E-state index is 7.09. The van der Waals surface area contributed by atoms with E-state index in [2.05, 4.69) is 125 Å². The molecule has 0 radical (unpaired) electrons. The molecule has 0 aromatic heterocycles. The van der Waals surface area contributed by atoms with E-state index >= 15 is 0 Å². The van der Waals surface area contributed by atoms with Crippen molar-refractivity contribution in [3.63, 3.8) is 0 Å². The van der Waals surface area contributed by atoms with E-state index in [1.807, 2.05) is 0 Å². The molecule has 3 aromatic carbocycles. The summed E-state index contributed by atoms with van der Waals surface area (Å²) in [6, 6.07) is 28.6. The molecule has 0 N–H and O–H groups in total. The van der Waals surface area contributed by atoms with Gasteiger partial charge in [0.05, 0.1) is 13.2 Å². The largest absolute Gasteiger partial charge is 0.493 e. The lowest BCUT2D eigenvalue weighted by Gasteiger charge is -2.35. The summed E-state index contributed by atoms with van der Waals surface area (Å²) >= 11 is 0. The minimum atomic E-state index is -0.458. The quantitative estimate of drug-likeness (QED) is 0.0832. The van der Waals surface area contributed by atoms with E-state index in [4.69, 9.17) is 9.47 Å². The molecule has 2 nitrogen and oxygen atoms in total. The van der Waals surface area contributed by atoms with Gasteiger partial charge in [-0.25, -0.2) is 0 Å². The Labute approximate surface area is 306 Å². The summed E-state index contributed by atoms with van der Waals surface area (Å²) in [6.07, 6.45) is 28.6. The molecule has 0 saturated carbocycles. The molecule has 2 heteroatoms. The molecule has 0 heterocycles. The fourth-order valence-corrected chi connectivity index (χ4v) is 7.37. The van der Waals surface area contributed by atoms with Crippen molar-refractivity contribution in [1.29, 1.82) is 0 Å². The minimum Gasteiger partial charge on any atom is -0.493 e. The van der Waals surface area contributed by atoms with Gasteiger partial charge in [-0.05, 0) is 83.6 Å². The van der Waals surface area contributed by atoms with Gasteiger partial charge in [0, 0.05) is 6.42 Å². The van der Waals surface area contributed by atoms with Gasteiger partial charge < -0.3 is 9.47 Å². The summed E-state index contributed by atoms with van der Waals surface area (Å²) in [4.78, 5) is 0. The number of hydrogen-bond acceptors (Lipinski definition) is 2. The van der Waals surface area contributed by atoms with Crippen molar-refractivity contribution in [3.8, 4) is 16.9 Å². The normalized spacial score (nSPS) is 17.0. The van der Waals surface area contributed by atoms with E-state index in [0.717, 1.165) is 25.4 Å². The number of ether oxygens (including phenoxy) is 2. The first-order valence-electron chi connectivity index (χ1n) is 20.5. The molecular formula is C48H68O2. The standard InChI is InChI=1S/C48H68O2/c1-5-9-13-16-22-40(20-11-7-3)38-49-47-32-28-44(29-33-47)45-34-36-48(37-35-45,50-39-41(21-12-8-4)23-17-14-10-6-2)46-30-26-43(27-31-46)42-24-18-15-19-25-42/h15,18-19,24-36,40-41H,5-14,16-17,20-23,37-39H2,1-4H3. The third kappa shape index (κ3) is 12.9. The van der Waals surface area contributed by atoms with Crippen molar-refractivity contribution in [2.45, 2.75) is 142 Å². The Kier molecular flexibility index (Phi) is 18.0. The van der Waals surface area contributed by atoms with Gasteiger partial charge in [-0.2, -0.15) is 0 Å². The van der Waals surface area contributed by atoms with Crippen molar-refractivity contribution in [2.24, 2.45) is 11.8 Å². The van der Waals surface area contributed by atoms with E-state index in [1.54, 1.807) is 0 Å². The first-order valence-corrected chi connectivity index (χ1v) is 20.5. The highest BCUT2D eigenvalue weighted by molar-refractivity contribution is 5.76. The van der Waals surface area contributed by atoms with E-state index < -0.39 is 5.60 Å². The van der Waals surface area contributed by atoms with Crippen molar-refractivity contribution in [3.05, 3.63) is 108 Å². The Morgan fingerprint density at radius 2 is 1.08 bits per heavy atom. The summed E-state index contributed by atoms with van der Waals surface area (Å²) in [6.45, 7) is 10.8. The molecule has 0 fully saturated rings. The molecule has 3 atom stereocenters. The highest BCUT2D eigenvalue weighted by atomic mass is 16.5. The number of rotatable bonds is 25. The van der Waals surface area contributed by atoms with E-state index in [0.29, 0.717) is 11.8 Å². The second-order valence-electron chi connectivity index (χ2n) is 14.9. The summed E-state index contributed by atoms with van der Waals surface area (Å²) in [5.74, 6) is 2.25. The average molecular weight is 677 g/mol. The first-order chi connectivity index (χ1) is 24.6. The predicted octanol–water partition coefficient (Wildman–Crippen LogP) is 14.5.